The monoisotopic (exact) mass is 732 g/mol. The Morgan fingerprint density at radius 3 is 1.37 bits per heavy atom. The minimum atomic E-state index is 0.748. The van der Waals surface area contributed by atoms with Crippen LogP contribution in [0.25, 0.3) is 11.1 Å². The van der Waals surface area contributed by atoms with Crippen molar-refractivity contribution in [2.75, 3.05) is 0 Å². The molecule has 4 heteroatoms. The molecule has 12 rings (SSSR count). The molecule has 52 heavy (non-hydrogen) atoms. The number of hydrogen-bond donors (Lipinski definition) is 0. The maximum Gasteiger partial charge on any atom is 0.0252 e. The summed E-state index contributed by atoms with van der Waals surface area (Å²) in [6.45, 7) is 0. The summed E-state index contributed by atoms with van der Waals surface area (Å²) < 4.78 is 0. The van der Waals surface area contributed by atoms with E-state index in [1.165, 1.54) is 140 Å². The maximum atomic E-state index is 3.24. The third kappa shape index (κ3) is 5.24. The van der Waals surface area contributed by atoms with E-state index in [0.29, 0.717) is 0 Å². The summed E-state index contributed by atoms with van der Waals surface area (Å²) >= 11 is 4.94. The molecule has 10 aliphatic rings. The summed E-state index contributed by atoms with van der Waals surface area (Å²) in [5.41, 5.74) is 6.26. The van der Waals surface area contributed by atoms with Crippen molar-refractivity contribution in [1.82, 2.24) is 9.80 Å². The summed E-state index contributed by atoms with van der Waals surface area (Å²) in [6.07, 6.45) is 29.5. The molecule has 0 spiro atoms. The Morgan fingerprint density at radius 2 is 0.865 bits per heavy atom. The number of thioether (sulfide) groups is 2. The Morgan fingerprint density at radius 1 is 0.404 bits per heavy atom. The van der Waals surface area contributed by atoms with Gasteiger partial charge in [-0.05, 0) is 148 Å². The van der Waals surface area contributed by atoms with Gasteiger partial charge in [0.25, 0.3) is 0 Å². The Labute approximate surface area is 323 Å². The van der Waals surface area contributed by atoms with Crippen LogP contribution in [-0.2, 0) is 0 Å². The average molecular weight is 733 g/mol. The molecule has 6 aliphatic carbocycles. The van der Waals surface area contributed by atoms with Crippen molar-refractivity contribution in [2.24, 2.45) is 23.7 Å². The van der Waals surface area contributed by atoms with Gasteiger partial charge >= 0.3 is 0 Å². The van der Waals surface area contributed by atoms with E-state index in [4.69, 9.17) is 0 Å². The minimum Gasteiger partial charge on any atom is -0.292 e. The highest BCUT2D eigenvalue weighted by Gasteiger charge is 2.61. The van der Waals surface area contributed by atoms with Gasteiger partial charge in [0.1, 0.15) is 0 Å². The van der Waals surface area contributed by atoms with Crippen LogP contribution in [0.4, 0.5) is 0 Å². The van der Waals surface area contributed by atoms with Gasteiger partial charge in [-0.3, -0.25) is 9.80 Å². The number of nitrogens with zero attached hydrogens (tertiary/aromatic N) is 2. The Balaban J connectivity index is 0.775. The van der Waals surface area contributed by atoms with Gasteiger partial charge in [-0.15, -0.1) is 0 Å². The van der Waals surface area contributed by atoms with Gasteiger partial charge < -0.3 is 0 Å². The van der Waals surface area contributed by atoms with Gasteiger partial charge in [0.05, 0.1) is 0 Å². The fourth-order valence-corrected chi connectivity index (χ4v) is 20.0. The van der Waals surface area contributed by atoms with Crippen LogP contribution in [0.15, 0.2) is 48.5 Å². The third-order valence-corrected chi connectivity index (χ3v) is 21.3. The molecule has 0 radical (unpaired) electrons. The normalized spacial score (nSPS) is 48.1. The summed E-state index contributed by atoms with van der Waals surface area (Å²) in [5.74, 6) is 5.32. The van der Waals surface area contributed by atoms with E-state index >= 15 is 0 Å². The van der Waals surface area contributed by atoms with Crippen molar-refractivity contribution >= 4 is 23.5 Å². The summed E-state index contributed by atoms with van der Waals surface area (Å²) in [6, 6.07) is 25.4. The fraction of sp³-hybridized carbons (Fsp3) is 0.750. The topological polar surface area (TPSA) is 6.48 Å². The second kappa shape index (κ2) is 13.3. The van der Waals surface area contributed by atoms with Crippen molar-refractivity contribution in [3.63, 3.8) is 0 Å². The van der Waals surface area contributed by atoms with E-state index in [-0.39, 0.29) is 0 Å². The molecule has 0 N–H and O–H groups in total. The lowest BCUT2D eigenvalue weighted by molar-refractivity contribution is 0.0606. The smallest absolute Gasteiger partial charge is 0.0252 e. The lowest BCUT2D eigenvalue weighted by Gasteiger charge is -2.53. The molecule has 2 aromatic rings. The van der Waals surface area contributed by atoms with E-state index < -0.39 is 0 Å². The van der Waals surface area contributed by atoms with Gasteiger partial charge in [-0.1, -0.05) is 87.1 Å². The summed E-state index contributed by atoms with van der Waals surface area (Å²) in [4.78, 5) is 6.47. The third-order valence-electron chi connectivity index (χ3n) is 17.8. The van der Waals surface area contributed by atoms with Crippen LogP contribution in [0.2, 0.25) is 0 Å². The van der Waals surface area contributed by atoms with Crippen LogP contribution in [-0.4, -0.2) is 67.1 Å². The minimum absolute atomic E-state index is 0.748. The molecule has 0 bridgehead atoms. The first-order chi connectivity index (χ1) is 25.8. The SMILES string of the molecule is c1cc(-c2cccc(C3CCC4C(C3)C3CCCC5SC6CCCCC6N4C53)c2)cc(C2CCC3C(C2)C2CCCC4SC5CCCCC5N3C42)c1. The standard InChI is InChI=1S/C48H64N2S2/c1-3-17-43-41(15-1)49-39-23-21-33(27-37(39)35-13-7-19-45(51-43)47(35)49)31-11-5-9-29(25-31)30-10-6-12-32(26-30)34-22-24-40-38(28-34)36-14-8-20-46-48(36)50(40)42-16-2-4-18-44(42)52-46/h5-6,9-12,25-26,33-48H,1-4,7-8,13-24,27-28H2. The summed E-state index contributed by atoms with van der Waals surface area (Å²) in [5, 5.41) is 3.75. The number of hydrogen-bond acceptors (Lipinski definition) is 4. The molecule has 0 amide bonds. The largest absolute Gasteiger partial charge is 0.292 e. The second-order valence-corrected chi connectivity index (χ2v) is 22.9. The Kier molecular flexibility index (Phi) is 8.52. The second-order valence-electron chi connectivity index (χ2n) is 19.9. The first-order valence-electron chi connectivity index (χ1n) is 22.8. The fourth-order valence-electron chi connectivity index (χ4n) is 16.0. The van der Waals surface area contributed by atoms with Crippen molar-refractivity contribution in [3.8, 4) is 11.1 Å². The predicted molar refractivity (Wildman–Crippen MR) is 220 cm³/mol. The molecule has 4 saturated heterocycles. The van der Waals surface area contributed by atoms with E-state index in [9.17, 15) is 0 Å². The number of benzene rings is 2. The first kappa shape index (κ1) is 33.2. The zero-order valence-corrected chi connectivity index (χ0v) is 33.3. The summed E-state index contributed by atoms with van der Waals surface area (Å²) in [7, 11) is 0. The average Bonchev–Trinajstić information content (AvgIpc) is 3.73. The van der Waals surface area contributed by atoms with E-state index in [0.717, 1.165) is 92.8 Å². The van der Waals surface area contributed by atoms with Crippen LogP contribution in [0.1, 0.15) is 151 Å². The van der Waals surface area contributed by atoms with Gasteiger partial charge in [0, 0.05) is 57.3 Å². The molecule has 16 atom stereocenters. The molecule has 4 aliphatic heterocycles. The van der Waals surface area contributed by atoms with Crippen LogP contribution >= 0.6 is 23.5 Å². The zero-order valence-electron chi connectivity index (χ0n) is 31.7. The molecule has 16 unspecified atom stereocenters. The molecular weight excluding hydrogens is 669 g/mol. The van der Waals surface area contributed by atoms with Gasteiger partial charge in [0.15, 0.2) is 0 Å². The molecule has 4 heterocycles. The molecule has 2 aromatic carbocycles. The lowest BCUT2D eigenvalue weighted by Crippen LogP contribution is -2.59. The van der Waals surface area contributed by atoms with E-state index in [2.05, 4.69) is 81.9 Å². The molecule has 0 aromatic heterocycles. The van der Waals surface area contributed by atoms with Crippen LogP contribution in [0.3, 0.4) is 0 Å². The van der Waals surface area contributed by atoms with Gasteiger partial charge in [0.2, 0.25) is 0 Å². The lowest BCUT2D eigenvalue weighted by atomic mass is 9.68. The van der Waals surface area contributed by atoms with Crippen molar-refractivity contribution < 1.29 is 0 Å². The van der Waals surface area contributed by atoms with Crippen molar-refractivity contribution in [2.45, 2.75) is 198 Å². The van der Waals surface area contributed by atoms with Crippen LogP contribution in [0.5, 0.6) is 0 Å². The number of fused-ring (bicyclic) bond motifs is 10. The van der Waals surface area contributed by atoms with E-state index in [1.807, 2.05) is 0 Å². The number of rotatable bonds is 3. The Hall–Kier alpha value is -0.940. The predicted octanol–water partition coefficient (Wildman–Crippen LogP) is 11.7. The highest BCUT2D eigenvalue weighted by molar-refractivity contribution is 8.00. The zero-order chi connectivity index (χ0) is 33.9. The van der Waals surface area contributed by atoms with Crippen molar-refractivity contribution in [3.05, 3.63) is 59.7 Å². The Bertz CT molecular complexity index is 1520. The van der Waals surface area contributed by atoms with Crippen LogP contribution in [0, 0.1) is 23.7 Å². The maximum absolute atomic E-state index is 3.24. The molecule has 6 saturated carbocycles. The van der Waals surface area contributed by atoms with Crippen LogP contribution < -0.4 is 0 Å². The molecular formula is C48H64N2S2. The molecule has 278 valence electrons. The highest BCUT2D eigenvalue weighted by Crippen LogP contribution is 2.61. The van der Waals surface area contributed by atoms with E-state index in [1.54, 1.807) is 11.1 Å². The van der Waals surface area contributed by atoms with Gasteiger partial charge in [-0.2, -0.15) is 23.5 Å². The quantitative estimate of drug-likeness (QED) is 0.310. The highest BCUT2D eigenvalue weighted by atomic mass is 32.2. The van der Waals surface area contributed by atoms with Gasteiger partial charge in [-0.25, -0.2) is 0 Å². The molecule has 2 nitrogen and oxygen atoms in total. The van der Waals surface area contributed by atoms with Crippen molar-refractivity contribution in [1.29, 1.82) is 0 Å². The first-order valence-corrected chi connectivity index (χ1v) is 24.7. The molecule has 10 fully saturated rings.